The molecule has 1 atom stereocenters. The second kappa shape index (κ2) is 7.26. The summed E-state index contributed by atoms with van der Waals surface area (Å²) in [7, 11) is 0. The molecule has 1 N–H and O–H groups in total. The molecule has 2 heterocycles. The maximum atomic E-state index is 12.9. The number of rotatable bonds is 4. The number of hydrogen-bond donors (Lipinski definition) is 1. The third-order valence-electron chi connectivity index (χ3n) is 4.79. The van der Waals surface area contributed by atoms with Crippen molar-refractivity contribution in [3.05, 3.63) is 65.7 Å². The molecule has 1 fully saturated rings. The summed E-state index contributed by atoms with van der Waals surface area (Å²) < 4.78 is 5.61. The van der Waals surface area contributed by atoms with E-state index in [4.69, 9.17) is 9.72 Å². The van der Waals surface area contributed by atoms with E-state index in [9.17, 15) is 4.79 Å². The van der Waals surface area contributed by atoms with Crippen molar-refractivity contribution in [3.63, 3.8) is 0 Å². The Hall–Kier alpha value is -2.72. The molecule has 0 aliphatic carbocycles. The first-order valence-corrected chi connectivity index (χ1v) is 9.07. The van der Waals surface area contributed by atoms with Gasteiger partial charge in [0.25, 0.3) is 5.91 Å². The van der Waals surface area contributed by atoms with Gasteiger partial charge in [0.15, 0.2) is 0 Å². The fourth-order valence-corrected chi connectivity index (χ4v) is 3.39. The van der Waals surface area contributed by atoms with E-state index in [1.54, 1.807) is 0 Å². The summed E-state index contributed by atoms with van der Waals surface area (Å²) in [4.78, 5) is 17.7. The summed E-state index contributed by atoms with van der Waals surface area (Å²) in [5, 5.41) is 3.92. The van der Waals surface area contributed by atoms with Crippen molar-refractivity contribution >= 4 is 16.8 Å². The Kier molecular flexibility index (Phi) is 4.67. The number of aryl methyl sites for hydroxylation is 1. The van der Waals surface area contributed by atoms with Crippen molar-refractivity contribution in [3.8, 4) is 11.3 Å². The molecule has 132 valence electrons. The standard InChI is InChI=1S/C22H22N2O2/c1-15-9-10-20-18(12-15)19(22(25)23-14-17-8-5-11-26-17)13-21(24-20)16-6-3-2-4-7-16/h2-4,6-7,9-10,12-13,17H,5,8,11,14H2,1H3,(H,23,25)/t17-/m0/s1. The van der Waals surface area contributed by atoms with Gasteiger partial charge in [-0.3, -0.25) is 4.79 Å². The van der Waals surface area contributed by atoms with Crippen molar-refractivity contribution in [1.82, 2.24) is 10.3 Å². The molecule has 2 aromatic carbocycles. The van der Waals surface area contributed by atoms with E-state index >= 15 is 0 Å². The number of nitrogens with one attached hydrogen (secondary N) is 1. The van der Waals surface area contributed by atoms with Crippen LogP contribution in [0.1, 0.15) is 28.8 Å². The zero-order chi connectivity index (χ0) is 17.9. The number of amides is 1. The van der Waals surface area contributed by atoms with Crippen LogP contribution < -0.4 is 5.32 Å². The molecule has 4 heteroatoms. The Balaban J connectivity index is 1.72. The molecule has 4 nitrogen and oxygen atoms in total. The lowest BCUT2D eigenvalue weighted by atomic mass is 10.0. The van der Waals surface area contributed by atoms with E-state index < -0.39 is 0 Å². The summed E-state index contributed by atoms with van der Waals surface area (Å²) in [6.45, 7) is 3.36. The molecular weight excluding hydrogens is 324 g/mol. The van der Waals surface area contributed by atoms with Crippen molar-refractivity contribution in [1.29, 1.82) is 0 Å². The molecule has 4 rings (SSSR count). The first-order valence-electron chi connectivity index (χ1n) is 9.07. The van der Waals surface area contributed by atoms with Gasteiger partial charge in [-0.15, -0.1) is 0 Å². The molecule has 1 aromatic heterocycles. The van der Waals surface area contributed by atoms with Crippen LogP contribution >= 0.6 is 0 Å². The highest BCUT2D eigenvalue weighted by atomic mass is 16.5. The van der Waals surface area contributed by atoms with E-state index in [-0.39, 0.29) is 12.0 Å². The number of carbonyl (C=O) groups is 1. The maximum absolute atomic E-state index is 12.9. The van der Waals surface area contributed by atoms with Gasteiger partial charge in [0.05, 0.1) is 22.9 Å². The van der Waals surface area contributed by atoms with Gasteiger partial charge < -0.3 is 10.1 Å². The maximum Gasteiger partial charge on any atom is 0.252 e. The molecule has 0 spiro atoms. The van der Waals surface area contributed by atoms with Gasteiger partial charge in [-0.05, 0) is 38.0 Å². The second-order valence-corrected chi connectivity index (χ2v) is 6.79. The number of aromatic nitrogens is 1. The van der Waals surface area contributed by atoms with E-state index in [0.717, 1.165) is 47.2 Å². The molecule has 0 radical (unpaired) electrons. The quantitative estimate of drug-likeness (QED) is 0.773. The predicted molar refractivity (Wildman–Crippen MR) is 103 cm³/mol. The minimum atomic E-state index is -0.0734. The van der Waals surface area contributed by atoms with Crippen molar-refractivity contribution in [2.24, 2.45) is 0 Å². The first-order chi connectivity index (χ1) is 12.7. The number of nitrogens with zero attached hydrogens (tertiary/aromatic N) is 1. The lowest BCUT2D eigenvalue weighted by Crippen LogP contribution is -2.32. The smallest absolute Gasteiger partial charge is 0.252 e. The molecule has 0 bridgehead atoms. The molecule has 26 heavy (non-hydrogen) atoms. The van der Waals surface area contributed by atoms with Crippen LogP contribution in [-0.2, 0) is 4.74 Å². The number of fused-ring (bicyclic) bond motifs is 1. The van der Waals surface area contributed by atoms with E-state index in [2.05, 4.69) is 5.32 Å². The zero-order valence-corrected chi connectivity index (χ0v) is 14.9. The van der Waals surface area contributed by atoms with Gasteiger partial charge in [-0.25, -0.2) is 4.98 Å². The first kappa shape index (κ1) is 16.7. The highest BCUT2D eigenvalue weighted by molar-refractivity contribution is 6.07. The molecular formula is C22H22N2O2. The average molecular weight is 346 g/mol. The summed E-state index contributed by atoms with van der Waals surface area (Å²) in [5.41, 5.74) is 4.42. The third-order valence-corrected chi connectivity index (χ3v) is 4.79. The largest absolute Gasteiger partial charge is 0.376 e. The summed E-state index contributed by atoms with van der Waals surface area (Å²) in [6.07, 6.45) is 2.20. The number of hydrogen-bond acceptors (Lipinski definition) is 3. The van der Waals surface area contributed by atoms with Gasteiger partial charge >= 0.3 is 0 Å². The van der Waals surface area contributed by atoms with Crippen LogP contribution in [0.4, 0.5) is 0 Å². The van der Waals surface area contributed by atoms with Crippen molar-refractivity contribution < 1.29 is 9.53 Å². The number of pyridine rings is 1. The number of ether oxygens (including phenoxy) is 1. The Bertz CT molecular complexity index is 932. The van der Waals surface area contributed by atoms with E-state index in [1.807, 2.05) is 61.5 Å². The predicted octanol–water partition coefficient (Wildman–Crippen LogP) is 4.12. The van der Waals surface area contributed by atoms with Crippen molar-refractivity contribution in [2.45, 2.75) is 25.9 Å². The average Bonchev–Trinajstić information content (AvgIpc) is 3.19. The molecule has 0 saturated carbocycles. The highest BCUT2D eigenvalue weighted by Crippen LogP contribution is 2.25. The minimum absolute atomic E-state index is 0.0734. The van der Waals surface area contributed by atoms with Crippen LogP contribution in [-0.4, -0.2) is 30.1 Å². The van der Waals surface area contributed by atoms with Crippen LogP contribution in [0.2, 0.25) is 0 Å². The normalized spacial score (nSPS) is 16.7. The number of benzene rings is 2. The Morgan fingerprint density at radius 3 is 2.81 bits per heavy atom. The summed E-state index contributed by atoms with van der Waals surface area (Å²) in [6, 6.07) is 17.9. The molecule has 1 saturated heterocycles. The van der Waals surface area contributed by atoms with Crippen LogP contribution in [0.25, 0.3) is 22.2 Å². The molecule has 1 amide bonds. The van der Waals surface area contributed by atoms with Gasteiger partial charge in [0.2, 0.25) is 0 Å². The lowest BCUT2D eigenvalue weighted by molar-refractivity contribution is 0.0859. The van der Waals surface area contributed by atoms with Gasteiger partial charge in [0, 0.05) is 24.1 Å². The third kappa shape index (κ3) is 3.46. The topological polar surface area (TPSA) is 51.2 Å². The molecule has 3 aromatic rings. The summed E-state index contributed by atoms with van der Waals surface area (Å²) in [5.74, 6) is -0.0734. The SMILES string of the molecule is Cc1ccc2nc(-c3ccccc3)cc(C(=O)NC[C@@H]3CCCO3)c2c1. The monoisotopic (exact) mass is 346 g/mol. The van der Waals surface area contributed by atoms with E-state index in [0.29, 0.717) is 12.1 Å². The van der Waals surface area contributed by atoms with E-state index in [1.165, 1.54) is 0 Å². The highest BCUT2D eigenvalue weighted by Gasteiger charge is 2.19. The fraction of sp³-hybridized carbons (Fsp3) is 0.273. The van der Waals surface area contributed by atoms with Crippen LogP contribution in [0.3, 0.4) is 0 Å². The van der Waals surface area contributed by atoms with Gasteiger partial charge in [-0.1, -0.05) is 42.0 Å². The van der Waals surface area contributed by atoms with Crippen molar-refractivity contribution in [2.75, 3.05) is 13.2 Å². The zero-order valence-electron chi connectivity index (χ0n) is 14.9. The molecule has 1 aliphatic rings. The van der Waals surface area contributed by atoms with Gasteiger partial charge in [-0.2, -0.15) is 0 Å². The second-order valence-electron chi connectivity index (χ2n) is 6.79. The van der Waals surface area contributed by atoms with Crippen LogP contribution in [0.5, 0.6) is 0 Å². The van der Waals surface area contributed by atoms with Crippen LogP contribution in [0.15, 0.2) is 54.6 Å². The lowest BCUT2D eigenvalue weighted by Gasteiger charge is -2.13. The molecule has 0 unspecified atom stereocenters. The number of carbonyl (C=O) groups excluding carboxylic acids is 1. The Morgan fingerprint density at radius 2 is 2.04 bits per heavy atom. The molecule has 1 aliphatic heterocycles. The Morgan fingerprint density at radius 1 is 1.19 bits per heavy atom. The fourth-order valence-electron chi connectivity index (χ4n) is 3.39. The Labute approximate surface area is 153 Å². The minimum Gasteiger partial charge on any atom is -0.376 e. The summed E-state index contributed by atoms with van der Waals surface area (Å²) >= 11 is 0. The van der Waals surface area contributed by atoms with Crippen LogP contribution in [0, 0.1) is 6.92 Å². The van der Waals surface area contributed by atoms with Gasteiger partial charge in [0.1, 0.15) is 0 Å².